The Labute approximate surface area is 136 Å². The number of aryl methyl sites for hydroxylation is 1. The monoisotopic (exact) mass is 313 g/mol. The number of carbonyl (C=O) groups is 1. The predicted octanol–water partition coefficient (Wildman–Crippen LogP) is 3.03. The van der Waals surface area contributed by atoms with E-state index in [9.17, 15) is 4.79 Å². The third kappa shape index (κ3) is 2.96. The van der Waals surface area contributed by atoms with Gasteiger partial charge in [-0.3, -0.25) is 4.79 Å². The first-order valence-electron chi connectivity index (χ1n) is 8.02. The van der Waals surface area contributed by atoms with Crippen LogP contribution in [0.3, 0.4) is 0 Å². The summed E-state index contributed by atoms with van der Waals surface area (Å²) in [6, 6.07) is 7.64. The van der Waals surface area contributed by atoms with Gasteiger partial charge in [0.15, 0.2) is 0 Å². The van der Waals surface area contributed by atoms with Crippen molar-refractivity contribution in [2.45, 2.75) is 44.6 Å². The van der Waals surface area contributed by atoms with E-state index < -0.39 is 0 Å². The van der Waals surface area contributed by atoms with Gasteiger partial charge < -0.3 is 15.0 Å². The topological polar surface area (TPSA) is 67.0 Å². The Bertz CT molecular complexity index is 687. The largest absolute Gasteiger partial charge is 0.497 e. The number of rotatable bonds is 5. The van der Waals surface area contributed by atoms with Gasteiger partial charge in [0.25, 0.3) is 0 Å². The van der Waals surface area contributed by atoms with Crippen LogP contribution in [0.1, 0.15) is 49.2 Å². The summed E-state index contributed by atoms with van der Waals surface area (Å²) in [5, 5.41) is 3.22. The molecule has 0 aliphatic heterocycles. The second-order valence-electron chi connectivity index (χ2n) is 6.33. The molecular formula is C18H23N3O2. The summed E-state index contributed by atoms with van der Waals surface area (Å²) in [6.45, 7) is 3.90. The number of amides is 1. The van der Waals surface area contributed by atoms with E-state index in [1.54, 1.807) is 7.11 Å². The number of hydrogen-bond donors (Lipinski definition) is 2. The fraction of sp³-hybridized carbons (Fsp3) is 0.444. The van der Waals surface area contributed by atoms with Crippen LogP contribution in [-0.4, -0.2) is 23.0 Å². The minimum absolute atomic E-state index is 0.0314. The van der Waals surface area contributed by atoms with Crippen LogP contribution in [0.15, 0.2) is 30.5 Å². The van der Waals surface area contributed by atoms with Crippen molar-refractivity contribution in [2.75, 3.05) is 7.11 Å². The summed E-state index contributed by atoms with van der Waals surface area (Å²) in [5.41, 5.74) is 1.67. The first-order chi connectivity index (χ1) is 11.0. The van der Waals surface area contributed by atoms with E-state index in [-0.39, 0.29) is 17.4 Å². The molecule has 0 spiro atoms. The molecule has 2 aromatic rings. The van der Waals surface area contributed by atoms with E-state index in [4.69, 9.17) is 4.74 Å². The lowest BCUT2D eigenvalue weighted by Crippen LogP contribution is -2.52. The summed E-state index contributed by atoms with van der Waals surface area (Å²) in [6.07, 6.45) is 4.79. The normalized spacial score (nSPS) is 17.2. The van der Waals surface area contributed by atoms with E-state index in [0.29, 0.717) is 0 Å². The molecule has 3 rings (SSSR count). The van der Waals surface area contributed by atoms with Crippen molar-refractivity contribution in [2.24, 2.45) is 0 Å². The zero-order chi connectivity index (χ0) is 16.4. The van der Waals surface area contributed by atoms with Gasteiger partial charge in [0.05, 0.1) is 18.6 Å². The van der Waals surface area contributed by atoms with Gasteiger partial charge >= 0.3 is 0 Å². The molecule has 1 heterocycles. The van der Waals surface area contributed by atoms with E-state index in [1.165, 1.54) is 0 Å². The standard InChI is InChI=1S/C18H23N3O2/c1-12-11-19-17(20-12)18(9-4-10-18)21-16(22)13(2)14-5-7-15(23-3)8-6-14/h5-8,11,13H,4,9-10H2,1-3H3,(H,19,20)(H,21,22). The van der Waals surface area contributed by atoms with E-state index in [2.05, 4.69) is 15.3 Å². The van der Waals surface area contributed by atoms with Gasteiger partial charge in [-0.05, 0) is 50.8 Å². The van der Waals surface area contributed by atoms with Gasteiger partial charge in [0.1, 0.15) is 11.6 Å². The van der Waals surface area contributed by atoms with Crippen molar-refractivity contribution >= 4 is 5.91 Å². The van der Waals surface area contributed by atoms with Crippen LogP contribution in [0.2, 0.25) is 0 Å². The fourth-order valence-electron chi connectivity index (χ4n) is 3.00. The molecule has 1 aliphatic rings. The summed E-state index contributed by atoms with van der Waals surface area (Å²) in [4.78, 5) is 20.4. The highest BCUT2D eigenvalue weighted by Crippen LogP contribution is 2.40. The Hall–Kier alpha value is -2.30. The van der Waals surface area contributed by atoms with E-state index >= 15 is 0 Å². The Balaban J connectivity index is 1.74. The maximum absolute atomic E-state index is 12.7. The maximum Gasteiger partial charge on any atom is 0.228 e. The van der Waals surface area contributed by atoms with Gasteiger partial charge in [0.2, 0.25) is 5.91 Å². The predicted molar refractivity (Wildman–Crippen MR) is 88.4 cm³/mol. The number of benzene rings is 1. The second kappa shape index (κ2) is 6.07. The molecule has 5 nitrogen and oxygen atoms in total. The van der Waals surface area contributed by atoms with Crippen molar-refractivity contribution in [3.63, 3.8) is 0 Å². The summed E-state index contributed by atoms with van der Waals surface area (Å²) in [5.74, 6) is 1.48. The first-order valence-corrected chi connectivity index (χ1v) is 8.02. The summed E-state index contributed by atoms with van der Waals surface area (Å²) < 4.78 is 5.16. The van der Waals surface area contributed by atoms with Crippen molar-refractivity contribution in [1.82, 2.24) is 15.3 Å². The number of methoxy groups -OCH3 is 1. The third-order valence-corrected chi connectivity index (χ3v) is 4.73. The quantitative estimate of drug-likeness (QED) is 0.891. The molecule has 0 saturated heterocycles. The molecular weight excluding hydrogens is 290 g/mol. The lowest BCUT2D eigenvalue weighted by atomic mass is 9.75. The molecule has 23 heavy (non-hydrogen) atoms. The van der Waals surface area contributed by atoms with Crippen LogP contribution in [0.25, 0.3) is 0 Å². The molecule has 5 heteroatoms. The first kappa shape index (κ1) is 15.6. The number of ether oxygens (including phenoxy) is 1. The minimum atomic E-state index is -0.327. The number of carbonyl (C=O) groups excluding carboxylic acids is 1. The highest BCUT2D eigenvalue weighted by atomic mass is 16.5. The van der Waals surface area contributed by atoms with E-state index in [1.807, 2.05) is 44.3 Å². The third-order valence-electron chi connectivity index (χ3n) is 4.73. The SMILES string of the molecule is COc1ccc(C(C)C(=O)NC2(c3ncc(C)[nH]3)CCC2)cc1. The summed E-state index contributed by atoms with van der Waals surface area (Å²) >= 11 is 0. The van der Waals surface area contributed by atoms with Crippen LogP contribution in [0.4, 0.5) is 0 Å². The molecule has 1 unspecified atom stereocenters. The van der Waals surface area contributed by atoms with Crippen LogP contribution in [0, 0.1) is 6.92 Å². The van der Waals surface area contributed by atoms with Gasteiger partial charge in [-0.1, -0.05) is 12.1 Å². The zero-order valence-electron chi connectivity index (χ0n) is 13.8. The van der Waals surface area contributed by atoms with Crippen LogP contribution < -0.4 is 10.1 Å². The number of H-pyrrole nitrogens is 1. The lowest BCUT2D eigenvalue weighted by molar-refractivity contribution is -0.125. The van der Waals surface area contributed by atoms with Gasteiger partial charge in [-0.15, -0.1) is 0 Å². The molecule has 2 N–H and O–H groups in total. The molecule has 1 aliphatic carbocycles. The number of aromatic nitrogens is 2. The highest BCUT2D eigenvalue weighted by molar-refractivity contribution is 5.84. The second-order valence-corrected chi connectivity index (χ2v) is 6.33. The number of nitrogens with zero attached hydrogens (tertiary/aromatic N) is 1. The molecule has 122 valence electrons. The number of aromatic amines is 1. The van der Waals surface area contributed by atoms with Crippen LogP contribution >= 0.6 is 0 Å². The lowest BCUT2D eigenvalue weighted by Gasteiger charge is -2.41. The Morgan fingerprint density at radius 2 is 2.04 bits per heavy atom. The van der Waals surface area contributed by atoms with Crippen LogP contribution in [0.5, 0.6) is 5.75 Å². The molecule has 0 bridgehead atoms. The van der Waals surface area contributed by atoms with Gasteiger partial charge in [0, 0.05) is 11.9 Å². The average Bonchev–Trinajstić information content (AvgIpc) is 2.96. The maximum atomic E-state index is 12.7. The Kier molecular flexibility index (Phi) is 4.11. The van der Waals surface area contributed by atoms with Crippen LogP contribution in [-0.2, 0) is 10.3 Å². The molecule has 0 radical (unpaired) electrons. The number of imidazole rings is 1. The number of hydrogen-bond acceptors (Lipinski definition) is 3. The molecule has 1 atom stereocenters. The summed E-state index contributed by atoms with van der Waals surface area (Å²) in [7, 11) is 1.64. The van der Waals surface area contributed by atoms with Crippen molar-refractivity contribution < 1.29 is 9.53 Å². The van der Waals surface area contributed by atoms with Gasteiger partial charge in [-0.25, -0.2) is 4.98 Å². The average molecular weight is 313 g/mol. The Morgan fingerprint density at radius 3 is 2.52 bits per heavy atom. The smallest absolute Gasteiger partial charge is 0.228 e. The minimum Gasteiger partial charge on any atom is -0.497 e. The van der Waals surface area contributed by atoms with Crippen molar-refractivity contribution in [3.05, 3.63) is 47.5 Å². The zero-order valence-corrected chi connectivity index (χ0v) is 13.8. The molecule has 1 amide bonds. The highest BCUT2D eigenvalue weighted by Gasteiger charge is 2.43. The molecule has 1 aromatic heterocycles. The number of nitrogens with one attached hydrogen (secondary N) is 2. The van der Waals surface area contributed by atoms with E-state index in [0.717, 1.165) is 42.1 Å². The Morgan fingerprint density at radius 1 is 1.35 bits per heavy atom. The van der Waals surface area contributed by atoms with Gasteiger partial charge in [-0.2, -0.15) is 0 Å². The molecule has 1 aromatic carbocycles. The van der Waals surface area contributed by atoms with Crippen molar-refractivity contribution in [3.8, 4) is 5.75 Å². The van der Waals surface area contributed by atoms with Crippen molar-refractivity contribution in [1.29, 1.82) is 0 Å². The molecule has 1 saturated carbocycles. The fourth-order valence-corrected chi connectivity index (χ4v) is 3.00. The molecule has 1 fully saturated rings.